The molecule has 0 N–H and O–H groups in total. The van der Waals surface area contributed by atoms with E-state index in [9.17, 15) is 0 Å². The van der Waals surface area contributed by atoms with Gasteiger partial charge in [-0.3, -0.25) is 0 Å². The van der Waals surface area contributed by atoms with Gasteiger partial charge in [-0.25, -0.2) is 18.6 Å². The van der Waals surface area contributed by atoms with E-state index in [1.807, 2.05) is 0 Å². The minimum Gasteiger partial charge on any atom is -0.222 e. The van der Waals surface area contributed by atoms with Crippen LogP contribution in [0.2, 0.25) is 0 Å². The molecular weight excluding hydrogens is 252 g/mol. The Bertz CT molecular complexity index is 133. The minimum atomic E-state index is -4.94. The van der Waals surface area contributed by atoms with Crippen molar-refractivity contribution in [2.45, 2.75) is 45.4 Å². The Hall–Kier alpha value is 0.480. The van der Waals surface area contributed by atoms with Gasteiger partial charge in [0.1, 0.15) is 5.75 Å². The zero-order chi connectivity index (χ0) is 13.0. The van der Waals surface area contributed by atoms with Crippen LogP contribution in [-0.4, -0.2) is 18.3 Å². The summed E-state index contributed by atoms with van der Waals surface area (Å²) in [6.07, 6.45) is 13.3. The van der Waals surface area contributed by atoms with Crippen molar-refractivity contribution in [3.8, 4) is 0 Å². The first kappa shape index (κ1) is 18.8. The summed E-state index contributed by atoms with van der Waals surface area (Å²) in [5.41, 5.74) is 0. The molecule has 0 radical (unpaired) electrons. The molecule has 0 aromatic carbocycles. The van der Waals surface area contributed by atoms with Crippen molar-refractivity contribution in [3.63, 3.8) is 0 Å². The molecule has 0 aromatic rings. The highest BCUT2D eigenvalue weighted by Crippen LogP contribution is 2.05. The number of hydrogen-bond acceptors (Lipinski definition) is 4. The molecule has 0 saturated carbocycles. The van der Waals surface area contributed by atoms with Crippen LogP contribution in [0.3, 0.4) is 0 Å². The van der Waals surface area contributed by atoms with E-state index in [2.05, 4.69) is 19.4 Å². The van der Waals surface area contributed by atoms with Gasteiger partial charge < -0.3 is 0 Å². The zero-order valence-electron chi connectivity index (χ0n) is 10.4. The van der Waals surface area contributed by atoms with Crippen molar-refractivity contribution in [2.24, 2.45) is 0 Å². The molecule has 6 heteroatoms. The zero-order valence-corrected chi connectivity index (χ0v) is 11.9. The fourth-order valence-electron chi connectivity index (χ4n) is 1.17. The monoisotopic (exact) mass is 274 g/mol. The van der Waals surface area contributed by atoms with Gasteiger partial charge in [-0.15, -0.1) is 10.2 Å². The fraction of sp³-hybridized carbons (Fsp3) is 1.00. The van der Waals surface area contributed by atoms with Crippen LogP contribution in [0.5, 0.6) is 0 Å². The van der Waals surface area contributed by atoms with Crippen molar-refractivity contribution in [1.82, 2.24) is 0 Å². The van der Waals surface area contributed by atoms with E-state index in [4.69, 9.17) is 18.6 Å². The summed E-state index contributed by atoms with van der Waals surface area (Å²) >= 11 is 0. The summed E-state index contributed by atoms with van der Waals surface area (Å²) in [6, 6.07) is 0. The third kappa shape index (κ3) is 36.6. The predicted molar refractivity (Wildman–Crippen MR) is 57.5 cm³/mol. The highest BCUT2D eigenvalue weighted by molar-refractivity contribution is 7.95. The molecule has 0 bridgehead atoms. The minimum absolute atomic E-state index is 0.677. The van der Waals surface area contributed by atoms with Crippen LogP contribution in [-0.2, 0) is 10.9 Å². The van der Waals surface area contributed by atoms with Gasteiger partial charge >= 0.3 is 0 Å². The van der Waals surface area contributed by atoms with Crippen LogP contribution >= 0.6 is 0 Å². The second-order valence-corrected chi connectivity index (χ2v) is 6.97. The Labute approximate surface area is 104 Å². The number of halogens is 1. The van der Waals surface area contributed by atoms with E-state index in [0.717, 1.165) is 0 Å². The molecule has 0 saturated heterocycles. The average molecular weight is 275 g/mol. The van der Waals surface area contributed by atoms with Crippen LogP contribution < -0.4 is 18.6 Å². The lowest BCUT2D eigenvalue weighted by atomic mass is 10.1. The first-order chi connectivity index (χ1) is 7.27. The normalized spacial score (nSPS) is 11.2. The predicted octanol–water partition coefficient (Wildman–Crippen LogP) is -1.53. The van der Waals surface area contributed by atoms with Gasteiger partial charge in [0.25, 0.3) is 0 Å². The Balaban J connectivity index is 0. The van der Waals surface area contributed by atoms with E-state index in [0.29, 0.717) is 10.9 Å². The quantitative estimate of drug-likeness (QED) is 0.416. The number of hydrogen-bond donors (Lipinski definition) is 0. The average Bonchev–Trinajstić information content (AvgIpc) is 2.08. The van der Waals surface area contributed by atoms with Gasteiger partial charge in [0.05, 0.1) is 12.5 Å². The summed E-state index contributed by atoms with van der Waals surface area (Å²) in [5, 5.41) is 0. The molecule has 0 aromatic heterocycles. The molecule has 0 rings (SSSR count). The largest absolute Gasteiger partial charge is 0.222 e. The van der Waals surface area contributed by atoms with Crippen LogP contribution in [0.25, 0.3) is 0 Å². The topological polar surface area (TPSA) is 92.2 Å². The van der Waals surface area contributed by atoms with Crippen molar-refractivity contribution in [2.75, 3.05) is 18.3 Å². The summed E-state index contributed by atoms with van der Waals surface area (Å²) in [4.78, 5) is 0. The smallest absolute Gasteiger partial charge is 0.107 e. The van der Waals surface area contributed by atoms with Crippen molar-refractivity contribution in [1.29, 1.82) is 0 Å². The van der Waals surface area contributed by atoms with Gasteiger partial charge in [0, 0.05) is 0 Å². The molecule has 0 aliphatic carbocycles. The summed E-state index contributed by atoms with van der Waals surface area (Å²) in [7, 11) is -4.27. The maximum atomic E-state index is 8.49. The molecule has 0 spiro atoms. The van der Waals surface area contributed by atoms with Crippen molar-refractivity contribution < 1.29 is 28.9 Å². The molecule has 0 aliphatic rings. The van der Waals surface area contributed by atoms with Crippen LogP contribution in [0.15, 0.2) is 0 Å². The lowest BCUT2D eigenvalue weighted by molar-refractivity contribution is -2.00. The Morgan fingerprint density at radius 3 is 1.56 bits per heavy atom. The summed E-state index contributed by atoms with van der Waals surface area (Å²) in [6.45, 7) is 2.27. The van der Waals surface area contributed by atoms with Crippen molar-refractivity contribution >= 4 is 10.9 Å². The second kappa shape index (κ2) is 12.0. The fourth-order valence-corrected chi connectivity index (χ4v) is 1.95. The van der Waals surface area contributed by atoms with E-state index in [1.54, 1.807) is 0 Å². The Morgan fingerprint density at radius 2 is 1.19 bits per heavy atom. The molecule has 0 heterocycles. The first-order valence-corrected chi connectivity index (χ1v) is 8.87. The van der Waals surface area contributed by atoms with E-state index >= 15 is 0 Å². The van der Waals surface area contributed by atoms with Crippen molar-refractivity contribution in [3.05, 3.63) is 0 Å². The SMILES string of the molecule is CCCCCCCC[S+](C)C.[O-][Cl+3]([O-])([O-])[O-]. The van der Waals surface area contributed by atoms with Crippen LogP contribution in [0.4, 0.5) is 0 Å². The van der Waals surface area contributed by atoms with Gasteiger partial charge in [-0.05, 0) is 23.7 Å². The molecule has 4 nitrogen and oxygen atoms in total. The molecule has 100 valence electrons. The molecule has 0 aliphatic heterocycles. The van der Waals surface area contributed by atoms with E-state index < -0.39 is 10.2 Å². The molecule has 0 unspecified atom stereocenters. The molecule has 16 heavy (non-hydrogen) atoms. The second-order valence-electron chi connectivity index (χ2n) is 3.84. The van der Waals surface area contributed by atoms with E-state index in [-0.39, 0.29) is 0 Å². The maximum Gasteiger partial charge on any atom is 0.107 e. The van der Waals surface area contributed by atoms with Crippen LogP contribution in [0.1, 0.15) is 45.4 Å². The Kier molecular flexibility index (Phi) is 14.1. The standard InChI is InChI=1S/C10H23S.ClHO4/c1-4-5-6-7-8-9-10-11(2)3;2-1(3,4)5/h4-10H2,1-3H3;(H,2,3,4,5)/q+1;/p-1. The van der Waals surface area contributed by atoms with Gasteiger partial charge in [-0.2, -0.15) is 0 Å². The summed E-state index contributed by atoms with van der Waals surface area (Å²) in [5.74, 6) is 1.45. The van der Waals surface area contributed by atoms with Gasteiger partial charge in [0.2, 0.25) is 0 Å². The molecule has 0 amide bonds. The Morgan fingerprint density at radius 1 is 0.812 bits per heavy atom. The molecule has 0 fully saturated rings. The van der Waals surface area contributed by atoms with Gasteiger partial charge in [0.15, 0.2) is 0 Å². The number of rotatable bonds is 7. The molecular formula is C10H23ClO4S. The molecule has 0 atom stereocenters. The van der Waals surface area contributed by atoms with E-state index in [1.165, 1.54) is 44.3 Å². The highest BCUT2D eigenvalue weighted by atomic mass is 35.7. The summed E-state index contributed by atoms with van der Waals surface area (Å²) < 4.78 is 34.0. The van der Waals surface area contributed by atoms with Crippen LogP contribution in [0, 0.1) is 10.2 Å². The maximum absolute atomic E-state index is 8.49. The first-order valence-electron chi connectivity index (χ1n) is 5.43. The lowest BCUT2D eigenvalue weighted by Crippen LogP contribution is -2.68. The lowest BCUT2D eigenvalue weighted by Gasteiger charge is -2.17. The van der Waals surface area contributed by atoms with Gasteiger partial charge in [-0.1, -0.05) is 32.6 Å². The third-order valence-corrected chi connectivity index (χ3v) is 3.01. The number of unbranched alkanes of at least 4 members (excludes halogenated alkanes) is 5. The highest BCUT2D eigenvalue weighted by Gasteiger charge is 1.99. The third-order valence-electron chi connectivity index (χ3n) is 1.91.